The van der Waals surface area contributed by atoms with Crippen molar-refractivity contribution in [3.63, 3.8) is 0 Å². The molecule has 10 aliphatic rings. The van der Waals surface area contributed by atoms with E-state index in [4.69, 9.17) is 33.9 Å². The van der Waals surface area contributed by atoms with Gasteiger partial charge in [-0.05, 0) is 265 Å². The van der Waals surface area contributed by atoms with Crippen molar-refractivity contribution in [2.45, 2.75) is 346 Å². The highest BCUT2D eigenvalue weighted by Crippen LogP contribution is 2.74. The lowest BCUT2D eigenvalue weighted by atomic mass is 9.64. The molecule has 0 aliphatic heterocycles. The molecule has 16 atom stereocenters. The van der Waals surface area contributed by atoms with Crippen LogP contribution >= 0.6 is 0 Å². The molecule has 17 rings (SSSR count). The van der Waals surface area contributed by atoms with Gasteiger partial charge in [0.05, 0.1) is 48.8 Å². The van der Waals surface area contributed by atoms with E-state index in [1.807, 2.05) is 337 Å². The molecule has 8 bridgehead atoms. The number of hydrogen-bond donors (Lipinski definition) is 2. The van der Waals surface area contributed by atoms with Crippen molar-refractivity contribution in [3.05, 3.63) is 223 Å². The number of fused-ring (bicyclic) bond motifs is 24. The number of hydrogen-bond acceptors (Lipinski definition) is 7. The molecule has 0 radical (unpaired) electrons. The normalized spacial score (nSPS) is 22.8. The first-order valence-corrected chi connectivity index (χ1v) is 49.6. The summed E-state index contributed by atoms with van der Waals surface area (Å²) in [5, 5.41) is 17.1. The van der Waals surface area contributed by atoms with E-state index in [0.717, 1.165) is 39.9 Å². The van der Waals surface area contributed by atoms with E-state index in [2.05, 4.69) is 111 Å². The Bertz CT molecular complexity index is 2720. The van der Waals surface area contributed by atoms with Crippen LogP contribution in [0.1, 0.15) is 344 Å². The fraction of sp³-hybridized carbons (Fsp3) is 0.644. The van der Waals surface area contributed by atoms with Crippen molar-refractivity contribution in [3.8, 4) is 28.7 Å². The van der Waals surface area contributed by atoms with Gasteiger partial charge in [0.1, 0.15) is 28.7 Å². The summed E-state index contributed by atoms with van der Waals surface area (Å²) in [6.45, 7) is 71.3. The molecule has 10 aliphatic carbocycles. The van der Waals surface area contributed by atoms with Crippen molar-refractivity contribution in [2.75, 3.05) is 35.5 Å². The van der Waals surface area contributed by atoms with Crippen LogP contribution in [0.4, 0.5) is 0 Å². The van der Waals surface area contributed by atoms with Crippen LogP contribution in [-0.4, -0.2) is 45.8 Å². The van der Waals surface area contributed by atoms with Gasteiger partial charge in [-0.1, -0.05) is 407 Å². The first kappa shape index (κ1) is 129. The first-order valence-electron chi connectivity index (χ1n) is 49.6. The van der Waals surface area contributed by atoms with Crippen molar-refractivity contribution in [1.29, 1.82) is 0 Å². The Labute approximate surface area is 779 Å². The molecule has 7 heteroatoms. The van der Waals surface area contributed by atoms with E-state index in [1.165, 1.54) is 94.7 Å². The molecule has 0 saturated heterocycles. The molecule has 125 heavy (non-hydrogen) atoms. The number of aliphatic hydroxyl groups excluding tert-OH is 2. The van der Waals surface area contributed by atoms with Crippen molar-refractivity contribution >= 4 is 0 Å². The second-order valence-electron chi connectivity index (χ2n) is 37.5. The van der Waals surface area contributed by atoms with Gasteiger partial charge < -0.3 is 33.9 Å². The second kappa shape index (κ2) is 78.5. The molecule has 0 aromatic heterocycles. The zero-order valence-electron chi connectivity index (χ0n) is 88.2. The van der Waals surface area contributed by atoms with E-state index >= 15 is 0 Å². The van der Waals surface area contributed by atoms with Crippen LogP contribution in [0.5, 0.6) is 28.7 Å². The SMILES string of the molecule is C.C1CC2C(C1)C1CC2C2C3CCC(C3)C12.C1CC2C(C1)C1CC2C2C3CCC(C3)C12.CC.CC.CC.CC.CC.CC.CC.CC.CC.CC(C)(C)C.CC(C)(C)C.CC(C)(C)C.CC(C)(C)C.COc1ccccc1.COc1ccccc1.COc1ccccc1.COc1ccccc1.COc1ccccc1.OCc1ccccc1.OCc1ccccc1. The van der Waals surface area contributed by atoms with Crippen LogP contribution in [0.15, 0.2) is 212 Å². The molecule has 7 nitrogen and oxygen atoms in total. The summed E-state index contributed by atoms with van der Waals surface area (Å²) < 4.78 is 24.6. The topological polar surface area (TPSA) is 86.6 Å². The lowest BCUT2D eigenvalue weighted by molar-refractivity contribution is 0.0716. The highest BCUT2D eigenvalue weighted by molar-refractivity contribution is 5.24. The molecular weight excluding hydrogens is 1530 g/mol. The Morgan fingerprint density at radius 2 is 0.352 bits per heavy atom. The number of rotatable bonds is 7. The molecule has 7 aromatic carbocycles. The average Bonchev–Trinajstić information content (AvgIpc) is 1.54. The Morgan fingerprint density at radius 3 is 0.464 bits per heavy atom. The minimum absolute atomic E-state index is 0. The van der Waals surface area contributed by atoms with E-state index in [-0.39, 0.29) is 20.6 Å². The standard InChI is InChI=1S/2C15H22.7C7H8O.4C5H12.9C2H6.CH4/c2*1-2-10-11(3-1)13-7-12(10)14-8-4-5-9(6-8)15(13)14;5*1-8-7-5-3-2-4-6-7;2*8-6-7-4-2-1-3-5-7;4*1-5(2,3)4;9*1-2;/h2*8-15H,1-7H2;5*2-6H,1H3;2*1-5,8H,6H2;4*1-4H3;9*1-2H3;1H4. The maximum atomic E-state index is 8.54. The third-order valence-electron chi connectivity index (χ3n) is 21.6. The Hall–Kier alpha value is -6.54. The lowest BCUT2D eigenvalue weighted by Gasteiger charge is -2.40. The lowest BCUT2D eigenvalue weighted by Crippen LogP contribution is -2.35. The monoisotopic (exact) mass is 1740 g/mol. The van der Waals surface area contributed by atoms with Crippen molar-refractivity contribution in [2.24, 2.45) is 116 Å². The van der Waals surface area contributed by atoms with Gasteiger partial charge in [0.25, 0.3) is 0 Å². The predicted octanol–water partition coefficient (Wildman–Crippen LogP) is 36.3. The van der Waals surface area contributed by atoms with Crippen molar-refractivity contribution in [1.82, 2.24) is 0 Å². The molecular formula is C118H206O7. The van der Waals surface area contributed by atoms with Gasteiger partial charge in [-0.25, -0.2) is 0 Å². The first-order chi connectivity index (χ1) is 59.4. The molecule has 0 spiro atoms. The maximum absolute atomic E-state index is 8.54. The summed E-state index contributed by atoms with van der Waals surface area (Å²) in [4.78, 5) is 0. The molecule has 10 saturated carbocycles. The van der Waals surface area contributed by atoms with E-state index in [0.29, 0.717) is 21.7 Å². The van der Waals surface area contributed by atoms with Crippen molar-refractivity contribution < 1.29 is 33.9 Å². The second-order valence-corrected chi connectivity index (χ2v) is 37.5. The molecule has 10 fully saturated rings. The summed E-state index contributed by atoms with van der Waals surface area (Å²) in [7, 11) is 8.31. The van der Waals surface area contributed by atoms with Crippen LogP contribution < -0.4 is 23.7 Å². The largest absolute Gasteiger partial charge is 0.497 e. The molecule has 0 amide bonds. The third-order valence-corrected chi connectivity index (χ3v) is 21.6. The Balaban J connectivity index is -0.000000307. The van der Waals surface area contributed by atoms with Crippen LogP contribution in [0, 0.1) is 116 Å². The van der Waals surface area contributed by atoms with E-state index in [9.17, 15) is 0 Å². The minimum Gasteiger partial charge on any atom is -0.497 e. The highest BCUT2D eigenvalue weighted by atomic mass is 16.5. The van der Waals surface area contributed by atoms with E-state index < -0.39 is 0 Å². The van der Waals surface area contributed by atoms with Gasteiger partial charge >= 0.3 is 0 Å². The van der Waals surface area contributed by atoms with Gasteiger partial charge in [0.2, 0.25) is 0 Å². The number of methoxy groups -OCH3 is 5. The number of aliphatic hydroxyl groups is 2. The zero-order chi connectivity index (χ0) is 95.9. The molecule has 720 valence electrons. The van der Waals surface area contributed by atoms with Gasteiger partial charge in [0, 0.05) is 0 Å². The zero-order valence-corrected chi connectivity index (χ0v) is 88.2. The Kier molecular flexibility index (Phi) is 81.2. The van der Waals surface area contributed by atoms with E-state index in [1.54, 1.807) is 125 Å². The van der Waals surface area contributed by atoms with Gasteiger partial charge in [-0.2, -0.15) is 0 Å². The van der Waals surface area contributed by atoms with Gasteiger partial charge in [-0.3, -0.25) is 0 Å². The number of ether oxygens (including phenoxy) is 5. The summed E-state index contributed by atoms with van der Waals surface area (Å²) >= 11 is 0. The molecule has 7 aromatic rings. The van der Waals surface area contributed by atoms with Gasteiger partial charge in [0.15, 0.2) is 0 Å². The molecule has 2 N–H and O–H groups in total. The predicted molar refractivity (Wildman–Crippen MR) is 560 cm³/mol. The molecule has 0 heterocycles. The summed E-state index contributed by atoms with van der Waals surface area (Å²) in [6.07, 6.45) is 22.8. The van der Waals surface area contributed by atoms with Crippen LogP contribution in [0.25, 0.3) is 0 Å². The van der Waals surface area contributed by atoms with Gasteiger partial charge in [-0.15, -0.1) is 0 Å². The smallest absolute Gasteiger partial charge is 0.118 e. The quantitative estimate of drug-likeness (QED) is 0.154. The maximum Gasteiger partial charge on any atom is 0.118 e. The average molecular weight is 1740 g/mol. The third kappa shape index (κ3) is 57.2. The van der Waals surface area contributed by atoms with Crippen LogP contribution in [0.2, 0.25) is 0 Å². The number of para-hydroxylation sites is 5. The fourth-order valence-corrected chi connectivity index (χ4v) is 18.5. The minimum atomic E-state index is 0. The summed E-state index contributed by atoms with van der Waals surface area (Å²) in [5.74, 6) is 24.1. The molecule has 16 unspecified atom stereocenters. The highest BCUT2D eigenvalue weighted by Gasteiger charge is 2.67. The fourth-order valence-electron chi connectivity index (χ4n) is 18.5. The summed E-state index contributed by atoms with van der Waals surface area (Å²) in [5.41, 5.74) is 3.93. The summed E-state index contributed by atoms with van der Waals surface area (Å²) in [6, 6.07) is 67.5. The number of benzene rings is 7. The van der Waals surface area contributed by atoms with Crippen LogP contribution in [0.3, 0.4) is 0 Å². The van der Waals surface area contributed by atoms with Crippen LogP contribution in [-0.2, 0) is 13.2 Å². The Morgan fingerprint density at radius 1 is 0.216 bits per heavy atom.